The summed E-state index contributed by atoms with van der Waals surface area (Å²) in [6, 6.07) is 8.66. The highest BCUT2D eigenvalue weighted by atomic mass is 19.1. The summed E-state index contributed by atoms with van der Waals surface area (Å²) in [5, 5.41) is 0. The van der Waals surface area contributed by atoms with E-state index in [1.165, 1.54) is 24.8 Å². The van der Waals surface area contributed by atoms with Crippen molar-refractivity contribution in [3.05, 3.63) is 59.7 Å². The van der Waals surface area contributed by atoms with Gasteiger partial charge < -0.3 is 9.64 Å². The Hall–Kier alpha value is -2.47. The number of hydrogen-bond acceptors (Lipinski definition) is 4. The van der Waals surface area contributed by atoms with Crippen LogP contribution in [-0.4, -0.2) is 53.5 Å². The number of carbonyl (C=O) groups excluding carboxylic acids is 1. The summed E-state index contributed by atoms with van der Waals surface area (Å²) >= 11 is 0. The lowest BCUT2D eigenvalue weighted by Crippen LogP contribution is -2.60. The smallest absolute Gasteiger partial charge is 0.254 e. The number of benzene rings is 1. The SMILES string of the molecule is CCN(Cc1ccncc1)C1CN(C(=O)c2ccc(OC)c(F)c2)C1. The molecule has 132 valence electrons. The summed E-state index contributed by atoms with van der Waals surface area (Å²) < 4.78 is 18.7. The van der Waals surface area contributed by atoms with Crippen molar-refractivity contribution in [3.63, 3.8) is 0 Å². The quantitative estimate of drug-likeness (QED) is 0.809. The number of rotatable bonds is 6. The number of carbonyl (C=O) groups is 1. The number of ether oxygens (including phenoxy) is 1. The fourth-order valence-corrected chi connectivity index (χ4v) is 3.06. The van der Waals surface area contributed by atoms with Crippen LogP contribution in [-0.2, 0) is 6.54 Å². The third kappa shape index (κ3) is 3.79. The first-order valence-corrected chi connectivity index (χ1v) is 8.38. The van der Waals surface area contributed by atoms with Gasteiger partial charge in [0.15, 0.2) is 11.6 Å². The van der Waals surface area contributed by atoms with Crippen molar-refractivity contribution in [2.75, 3.05) is 26.7 Å². The van der Waals surface area contributed by atoms with Gasteiger partial charge >= 0.3 is 0 Å². The number of nitrogens with zero attached hydrogens (tertiary/aromatic N) is 3. The Bertz CT molecular complexity index is 733. The fourth-order valence-electron chi connectivity index (χ4n) is 3.06. The first-order chi connectivity index (χ1) is 12.1. The molecule has 1 aliphatic heterocycles. The van der Waals surface area contributed by atoms with Crippen molar-refractivity contribution in [2.45, 2.75) is 19.5 Å². The van der Waals surface area contributed by atoms with E-state index < -0.39 is 5.82 Å². The maximum Gasteiger partial charge on any atom is 0.254 e. The average molecular weight is 343 g/mol. The number of aromatic nitrogens is 1. The standard InChI is InChI=1S/C19H22FN3O2/c1-3-22(11-14-6-8-21-9-7-14)16-12-23(13-16)19(24)15-4-5-18(25-2)17(20)10-15/h4-10,16H,3,11-13H2,1-2H3. The lowest BCUT2D eigenvalue weighted by Gasteiger charge is -2.45. The van der Waals surface area contributed by atoms with Gasteiger partial charge in [-0.3, -0.25) is 14.7 Å². The molecule has 5 nitrogen and oxygen atoms in total. The summed E-state index contributed by atoms with van der Waals surface area (Å²) in [5.74, 6) is -0.511. The van der Waals surface area contributed by atoms with Gasteiger partial charge in [0.05, 0.1) is 7.11 Å². The lowest BCUT2D eigenvalue weighted by molar-refractivity contribution is 0.0253. The Balaban J connectivity index is 1.59. The largest absolute Gasteiger partial charge is 0.494 e. The highest BCUT2D eigenvalue weighted by Crippen LogP contribution is 2.23. The van der Waals surface area contributed by atoms with Gasteiger partial charge in [-0.25, -0.2) is 4.39 Å². The molecule has 2 heterocycles. The minimum atomic E-state index is -0.515. The molecule has 2 aromatic rings. The van der Waals surface area contributed by atoms with Crippen LogP contribution in [0.3, 0.4) is 0 Å². The number of halogens is 1. The van der Waals surface area contributed by atoms with E-state index >= 15 is 0 Å². The lowest BCUT2D eigenvalue weighted by atomic mass is 10.0. The second-order valence-corrected chi connectivity index (χ2v) is 6.13. The van der Waals surface area contributed by atoms with Crippen LogP contribution in [0.2, 0.25) is 0 Å². The van der Waals surface area contributed by atoms with Crippen LogP contribution in [0.4, 0.5) is 4.39 Å². The number of likely N-dealkylation sites (tertiary alicyclic amines) is 1. The van der Waals surface area contributed by atoms with Crippen LogP contribution in [0.25, 0.3) is 0 Å². The van der Waals surface area contributed by atoms with Gasteiger partial charge in [0.25, 0.3) is 5.91 Å². The molecule has 1 aromatic carbocycles. The molecular weight excluding hydrogens is 321 g/mol. The molecule has 1 fully saturated rings. The highest BCUT2D eigenvalue weighted by Gasteiger charge is 2.34. The van der Waals surface area contributed by atoms with E-state index in [9.17, 15) is 9.18 Å². The zero-order valence-corrected chi connectivity index (χ0v) is 14.5. The Morgan fingerprint density at radius 1 is 1.32 bits per heavy atom. The second-order valence-electron chi connectivity index (χ2n) is 6.13. The second kappa shape index (κ2) is 7.61. The maximum absolute atomic E-state index is 13.8. The van der Waals surface area contributed by atoms with E-state index in [0.29, 0.717) is 24.7 Å². The fraction of sp³-hybridized carbons (Fsp3) is 0.368. The van der Waals surface area contributed by atoms with E-state index in [4.69, 9.17) is 4.74 Å². The molecule has 0 N–H and O–H groups in total. The van der Waals surface area contributed by atoms with Gasteiger partial charge in [-0.15, -0.1) is 0 Å². The van der Waals surface area contributed by atoms with E-state index in [1.807, 2.05) is 12.1 Å². The third-order valence-corrected chi connectivity index (χ3v) is 4.61. The van der Waals surface area contributed by atoms with Crippen LogP contribution < -0.4 is 4.74 Å². The van der Waals surface area contributed by atoms with Crippen molar-refractivity contribution in [2.24, 2.45) is 0 Å². The van der Waals surface area contributed by atoms with E-state index in [1.54, 1.807) is 23.4 Å². The molecule has 1 aliphatic rings. The number of likely N-dealkylation sites (N-methyl/N-ethyl adjacent to an activating group) is 1. The number of pyridine rings is 1. The molecule has 1 aromatic heterocycles. The van der Waals surface area contributed by atoms with Crippen molar-refractivity contribution >= 4 is 5.91 Å². The van der Waals surface area contributed by atoms with Gasteiger partial charge in [-0.2, -0.15) is 0 Å². The summed E-state index contributed by atoms with van der Waals surface area (Å²) in [6.07, 6.45) is 3.58. The van der Waals surface area contributed by atoms with Crippen LogP contribution in [0.5, 0.6) is 5.75 Å². The summed E-state index contributed by atoms with van der Waals surface area (Å²) in [5.41, 5.74) is 1.56. The van der Waals surface area contributed by atoms with Gasteiger partial charge in [-0.05, 0) is 42.4 Å². The molecule has 0 bridgehead atoms. The maximum atomic E-state index is 13.8. The zero-order valence-electron chi connectivity index (χ0n) is 14.5. The molecule has 25 heavy (non-hydrogen) atoms. The number of methoxy groups -OCH3 is 1. The predicted molar refractivity (Wildman–Crippen MR) is 93.0 cm³/mol. The Morgan fingerprint density at radius 3 is 2.64 bits per heavy atom. The molecule has 6 heteroatoms. The molecule has 0 radical (unpaired) electrons. The van der Waals surface area contributed by atoms with Gasteiger partial charge in [0, 0.05) is 43.6 Å². The normalized spacial score (nSPS) is 14.5. The Morgan fingerprint density at radius 2 is 2.04 bits per heavy atom. The van der Waals surface area contributed by atoms with Crippen LogP contribution in [0, 0.1) is 5.82 Å². The van der Waals surface area contributed by atoms with Gasteiger partial charge in [-0.1, -0.05) is 6.92 Å². The van der Waals surface area contributed by atoms with E-state index in [-0.39, 0.29) is 11.7 Å². The molecule has 0 unspecified atom stereocenters. The first kappa shape index (κ1) is 17.4. The Labute approximate surface area is 147 Å². The minimum absolute atomic E-state index is 0.141. The first-order valence-electron chi connectivity index (χ1n) is 8.38. The van der Waals surface area contributed by atoms with Crippen molar-refractivity contribution in [1.29, 1.82) is 0 Å². The van der Waals surface area contributed by atoms with Crippen LogP contribution >= 0.6 is 0 Å². The van der Waals surface area contributed by atoms with E-state index in [2.05, 4.69) is 16.8 Å². The summed E-state index contributed by atoms with van der Waals surface area (Å²) in [4.78, 5) is 20.6. The summed E-state index contributed by atoms with van der Waals surface area (Å²) in [6.45, 7) is 5.18. The van der Waals surface area contributed by atoms with Gasteiger partial charge in [0.2, 0.25) is 0 Å². The average Bonchev–Trinajstić information content (AvgIpc) is 2.60. The predicted octanol–water partition coefficient (Wildman–Crippen LogP) is 2.58. The van der Waals surface area contributed by atoms with Crippen LogP contribution in [0.1, 0.15) is 22.8 Å². The molecule has 0 aliphatic carbocycles. The minimum Gasteiger partial charge on any atom is -0.494 e. The number of hydrogen-bond donors (Lipinski definition) is 0. The van der Waals surface area contributed by atoms with E-state index in [0.717, 1.165) is 13.1 Å². The Kier molecular flexibility index (Phi) is 5.28. The summed E-state index contributed by atoms with van der Waals surface area (Å²) in [7, 11) is 1.40. The van der Waals surface area contributed by atoms with Gasteiger partial charge in [0.1, 0.15) is 0 Å². The molecule has 3 rings (SSSR count). The monoisotopic (exact) mass is 343 g/mol. The molecule has 0 spiro atoms. The molecule has 1 amide bonds. The molecule has 0 atom stereocenters. The third-order valence-electron chi connectivity index (χ3n) is 4.61. The highest BCUT2D eigenvalue weighted by molar-refractivity contribution is 5.95. The van der Waals surface area contributed by atoms with Crippen molar-refractivity contribution < 1.29 is 13.9 Å². The van der Waals surface area contributed by atoms with Crippen LogP contribution in [0.15, 0.2) is 42.7 Å². The zero-order chi connectivity index (χ0) is 17.8. The number of amides is 1. The molecule has 1 saturated heterocycles. The topological polar surface area (TPSA) is 45.7 Å². The molecule has 0 saturated carbocycles. The van der Waals surface area contributed by atoms with Crippen molar-refractivity contribution in [1.82, 2.24) is 14.8 Å². The van der Waals surface area contributed by atoms with Crippen molar-refractivity contribution in [3.8, 4) is 5.75 Å². The molecular formula is C19H22FN3O2.